The van der Waals surface area contributed by atoms with Gasteiger partial charge in [0.15, 0.2) is 5.13 Å². The van der Waals surface area contributed by atoms with Gasteiger partial charge in [-0.15, -0.1) is 11.3 Å². The molecule has 1 aliphatic heterocycles. The third-order valence-corrected chi connectivity index (χ3v) is 6.76. The van der Waals surface area contributed by atoms with Crippen LogP contribution in [0.25, 0.3) is 5.69 Å². The molecule has 2 aliphatic rings. The molecular formula is C21H24FN5S. The number of hydrogen-bond acceptors (Lipinski definition) is 5. The molecule has 0 saturated carbocycles. The van der Waals surface area contributed by atoms with Crippen LogP contribution < -0.4 is 10.2 Å². The molecule has 0 amide bonds. The van der Waals surface area contributed by atoms with Crippen LogP contribution in [0.2, 0.25) is 0 Å². The van der Waals surface area contributed by atoms with Gasteiger partial charge < -0.3 is 10.2 Å². The largest absolute Gasteiger partial charge is 0.348 e. The van der Waals surface area contributed by atoms with E-state index in [1.54, 1.807) is 28.2 Å². The zero-order chi connectivity index (χ0) is 18.9. The molecule has 0 unspecified atom stereocenters. The summed E-state index contributed by atoms with van der Waals surface area (Å²) in [5, 5.41) is 9.34. The van der Waals surface area contributed by atoms with E-state index in [1.807, 2.05) is 18.5 Å². The maximum absolute atomic E-state index is 14.2. The molecule has 0 radical (unpaired) electrons. The zero-order valence-electron chi connectivity index (χ0n) is 15.8. The molecule has 3 aromatic rings. The van der Waals surface area contributed by atoms with Crippen LogP contribution in [0.3, 0.4) is 0 Å². The summed E-state index contributed by atoms with van der Waals surface area (Å²) in [6, 6.07) is 7.10. The minimum Gasteiger partial charge on any atom is -0.348 e. The highest BCUT2D eigenvalue weighted by molar-refractivity contribution is 7.15. The molecule has 0 bridgehead atoms. The third kappa shape index (κ3) is 3.33. The minimum atomic E-state index is -0.234. The van der Waals surface area contributed by atoms with E-state index in [0.29, 0.717) is 5.69 Å². The molecule has 1 atom stereocenters. The van der Waals surface area contributed by atoms with Crippen LogP contribution in [0.1, 0.15) is 47.9 Å². The Kier molecular flexibility index (Phi) is 4.86. The Morgan fingerprint density at radius 3 is 2.86 bits per heavy atom. The van der Waals surface area contributed by atoms with Crippen LogP contribution in [0.15, 0.2) is 36.7 Å². The van der Waals surface area contributed by atoms with Gasteiger partial charge in [0.1, 0.15) is 11.5 Å². The number of fused-ring (bicyclic) bond motifs is 1. The zero-order valence-corrected chi connectivity index (χ0v) is 16.6. The molecule has 1 N–H and O–H groups in total. The molecule has 7 heteroatoms. The van der Waals surface area contributed by atoms with Crippen molar-refractivity contribution in [3.63, 3.8) is 0 Å². The molecule has 1 aliphatic carbocycles. The van der Waals surface area contributed by atoms with Gasteiger partial charge in [0, 0.05) is 48.0 Å². The highest BCUT2D eigenvalue weighted by atomic mass is 32.1. The highest BCUT2D eigenvalue weighted by Gasteiger charge is 2.25. The number of aromatic nitrogens is 3. The van der Waals surface area contributed by atoms with Gasteiger partial charge in [0.05, 0.1) is 6.20 Å². The Hall–Kier alpha value is -2.25. The SMILES string of the molecule is Fc1ccccc1-n1ncc2c1CCC[C@@H]2NCc1cnc(N2CCCC2)s1. The fourth-order valence-electron chi connectivity index (χ4n) is 4.26. The van der Waals surface area contributed by atoms with Crippen LogP contribution in [0.4, 0.5) is 9.52 Å². The number of nitrogens with zero attached hydrogens (tertiary/aromatic N) is 4. The molecule has 28 heavy (non-hydrogen) atoms. The van der Waals surface area contributed by atoms with E-state index in [9.17, 15) is 4.39 Å². The lowest BCUT2D eigenvalue weighted by atomic mass is 9.93. The van der Waals surface area contributed by atoms with Crippen molar-refractivity contribution in [3.8, 4) is 5.69 Å². The Labute approximate surface area is 168 Å². The maximum Gasteiger partial charge on any atom is 0.185 e. The molecule has 5 nitrogen and oxygen atoms in total. The highest BCUT2D eigenvalue weighted by Crippen LogP contribution is 2.32. The summed E-state index contributed by atoms with van der Waals surface area (Å²) in [6.07, 6.45) is 9.52. The first-order valence-corrected chi connectivity index (χ1v) is 10.9. The second kappa shape index (κ2) is 7.64. The quantitative estimate of drug-likeness (QED) is 0.700. The predicted molar refractivity (Wildman–Crippen MR) is 110 cm³/mol. The van der Waals surface area contributed by atoms with Gasteiger partial charge >= 0.3 is 0 Å². The molecule has 146 valence electrons. The summed E-state index contributed by atoms with van der Waals surface area (Å²) in [5.74, 6) is -0.234. The number of hydrogen-bond donors (Lipinski definition) is 1. The first kappa shape index (κ1) is 17.8. The number of thiazole rings is 1. The third-order valence-electron chi connectivity index (χ3n) is 5.70. The van der Waals surface area contributed by atoms with Crippen molar-refractivity contribution in [1.29, 1.82) is 0 Å². The standard InChI is InChI=1S/C21H24FN5S/c22-17-6-1-2-8-20(17)27-19-9-5-7-18(16(19)14-25-27)23-12-15-13-24-21(28-15)26-10-3-4-11-26/h1-2,6,8,13-14,18,23H,3-5,7,9-12H2/t18-/m0/s1. The first-order chi connectivity index (χ1) is 13.8. The van der Waals surface area contributed by atoms with Gasteiger partial charge in [0.2, 0.25) is 0 Å². The van der Waals surface area contributed by atoms with Crippen molar-refractivity contribution < 1.29 is 4.39 Å². The molecule has 5 rings (SSSR count). The van der Waals surface area contributed by atoms with Crippen LogP contribution in [-0.2, 0) is 13.0 Å². The normalized spacial score (nSPS) is 19.2. The first-order valence-electron chi connectivity index (χ1n) is 10.0. The van der Waals surface area contributed by atoms with E-state index in [0.717, 1.165) is 49.7 Å². The van der Waals surface area contributed by atoms with E-state index < -0.39 is 0 Å². The average molecular weight is 398 g/mol. The summed E-state index contributed by atoms with van der Waals surface area (Å²) >= 11 is 1.79. The smallest absolute Gasteiger partial charge is 0.185 e. The van der Waals surface area contributed by atoms with Crippen molar-refractivity contribution >= 4 is 16.5 Å². The summed E-state index contributed by atoms with van der Waals surface area (Å²) in [4.78, 5) is 8.25. The van der Waals surface area contributed by atoms with E-state index in [2.05, 4.69) is 20.3 Å². The van der Waals surface area contributed by atoms with Crippen molar-refractivity contribution in [2.75, 3.05) is 18.0 Å². The van der Waals surface area contributed by atoms with Crippen molar-refractivity contribution in [1.82, 2.24) is 20.1 Å². The Balaban J connectivity index is 1.31. The fourth-order valence-corrected chi connectivity index (χ4v) is 5.17. The molecule has 3 heterocycles. The lowest BCUT2D eigenvalue weighted by Gasteiger charge is -2.24. The molecule has 0 spiro atoms. The summed E-state index contributed by atoms with van der Waals surface area (Å²) < 4.78 is 16.0. The number of rotatable bonds is 5. The second-order valence-electron chi connectivity index (χ2n) is 7.54. The van der Waals surface area contributed by atoms with Crippen molar-refractivity contribution in [3.05, 3.63) is 58.6 Å². The number of nitrogens with one attached hydrogen (secondary N) is 1. The summed E-state index contributed by atoms with van der Waals surface area (Å²) in [6.45, 7) is 3.06. The number of halogens is 1. The van der Waals surface area contributed by atoms with Crippen LogP contribution >= 0.6 is 11.3 Å². The van der Waals surface area contributed by atoms with Gasteiger partial charge in [-0.05, 0) is 44.2 Å². The van der Waals surface area contributed by atoms with Gasteiger partial charge in [0.25, 0.3) is 0 Å². The van der Waals surface area contributed by atoms with E-state index in [-0.39, 0.29) is 11.9 Å². The van der Waals surface area contributed by atoms with Crippen LogP contribution in [-0.4, -0.2) is 27.9 Å². The lowest BCUT2D eigenvalue weighted by molar-refractivity contribution is 0.455. The number of para-hydroxylation sites is 1. The molecule has 1 aromatic carbocycles. The van der Waals surface area contributed by atoms with Crippen LogP contribution in [0, 0.1) is 5.82 Å². The fraction of sp³-hybridized carbons (Fsp3) is 0.429. The van der Waals surface area contributed by atoms with Crippen LogP contribution in [0.5, 0.6) is 0 Å². The van der Waals surface area contributed by atoms with Gasteiger partial charge in [-0.2, -0.15) is 5.10 Å². The summed E-state index contributed by atoms with van der Waals surface area (Å²) in [7, 11) is 0. The summed E-state index contributed by atoms with van der Waals surface area (Å²) in [5.41, 5.74) is 2.84. The van der Waals surface area contributed by atoms with Gasteiger partial charge in [-0.25, -0.2) is 14.1 Å². The Bertz CT molecular complexity index is 959. The molecule has 1 saturated heterocycles. The second-order valence-corrected chi connectivity index (χ2v) is 8.63. The lowest BCUT2D eigenvalue weighted by Crippen LogP contribution is -2.24. The van der Waals surface area contributed by atoms with Gasteiger partial charge in [-0.3, -0.25) is 0 Å². The number of benzene rings is 1. The van der Waals surface area contributed by atoms with E-state index in [4.69, 9.17) is 0 Å². The monoisotopic (exact) mass is 397 g/mol. The Morgan fingerprint density at radius 2 is 2.00 bits per heavy atom. The maximum atomic E-state index is 14.2. The molecular weight excluding hydrogens is 373 g/mol. The molecule has 1 fully saturated rings. The van der Waals surface area contributed by atoms with E-state index >= 15 is 0 Å². The van der Waals surface area contributed by atoms with Crippen molar-refractivity contribution in [2.45, 2.75) is 44.7 Å². The van der Waals surface area contributed by atoms with Gasteiger partial charge in [-0.1, -0.05) is 12.1 Å². The topological polar surface area (TPSA) is 46.0 Å². The molecule has 2 aromatic heterocycles. The minimum absolute atomic E-state index is 0.234. The predicted octanol–water partition coefficient (Wildman–Crippen LogP) is 4.24. The van der Waals surface area contributed by atoms with Crippen molar-refractivity contribution in [2.24, 2.45) is 0 Å². The van der Waals surface area contributed by atoms with E-state index in [1.165, 1.54) is 29.3 Å². The Morgan fingerprint density at radius 1 is 1.14 bits per heavy atom. The number of anilines is 1. The average Bonchev–Trinajstić information content (AvgIpc) is 3.46.